The SMILES string of the molecule is CCC(CC)C(=O)c1ccc(Br)cc1Cl. The van der Waals surface area contributed by atoms with Crippen molar-refractivity contribution < 1.29 is 4.79 Å². The van der Waals surface area contributed by atoms with Gasteiger partial charge in [-0.1, -0.05) is 41.4 Å². The summed E-state index contributed by atoms with van der Waals surface area (Å²) in [4.78, 5) is 12.0. The van der Waals surface area contributed by atoms with Crippen molar-refractivity contribution in [3.8, 4) is 0 Å². The summed E-state index contributed by atoms with van der Waals surface area (Å²) in [5.41, 5.74) is 0.633. The van der Waals surface area contributed by atoms with Crippen LogP contribution in [0.3, 0.4) is 0 Å². The fourth-order valence-electron chi connectivity index (χ4n) is 1.57. The topological polar surface area (TPSA) is 17.1 Å². The number of halogens is 2. The number of carbonyl (C=O) groups is 1. The van der Waals surface area contributed by atoms with Crippen LogP contribution in [0.15, 0.2) is 22.7 Å². The predicted molar refractivity (Wildman–Crippen MR) is 67.6 cm³/mol. The average molecular weight is 290 g/mol. The summed E-state index contributed by atoms with van der Waals surface area (Å²) in [7, 11) is 0. The van der Waals surface area contributed by atoms with E-state index < -0.39 is 0 Å². The molecule has 0 spiro atoms. The Bertz CT molecular complexity index is 359. The molecular formula is C12H14BrClO. The van der Waals surface area contributed by atoms with E-state index in [0.29, 0.717) is 10.6 Å². The second-order valence-corrected chi connectivity index (χ2v) is 4.82. The van der Waals surface area contributed by atoms with Crippen molar-refractivity contribution in [2.75, 3.05) is 0 Å². The number of hydrogen-bond acceptors (Lipinski definition) is 1. The van der Waals surface area contributed by atoms with Gasteiger partial charge in [0, 0.05) is 16.0 Å². The normalized spacial score (nSPS) is 10.7. The maximum atomic E-state index is 12.0. The minimum atomic E-state index is 0.0867. The lowest BCUT2D eigenvalue weighted by Gasteiger charge is -2.12. The van der Waals surface area contributed by atoms with Crippen LogP contribution in [0.4, 0.5) is 0 Å². The molecule has 1 rings (SSSR count). The summed E-state index contributed by atoms with van der Waals surface area (Å²) in [6.45, 7) is 4.05. The van der Waals surface area contributed by atoms with E-state index in [4.69, 9.17) is 11.6 Å². The molecule has 0 bridgehead atoms. The number of hydrogen-bond donors (Lipinski definition) is 0. The zero-order chi connectivity index (χ0) is 11.4. The molecule has 82 valence electrons. The van der Waals surface area contributed by atoms with Gasteiger partial charge in [0.25, 0.3) is 0 Å². The van der Waals surface area contributed by atoms with Crippen LogP contribution in [-0.4, -0.2) is 5.78 Å². The molecule has 0 atom stereocenters. The van der Waals surface area contributed by atoms with Gasteiger partial charge in [-0.2, -0.15) is 0 Å². The molecule has 1 aromatic rings. The zero-order valence-corrected chi connectivity index (χ0v) is 11.2. The predicted octanol–water partition coefficient (Wildman–Crippen LogP) is 4.72. The van der Waals surface area contributed by atoms with Crippen molar-refractivity contribution in [3.05, 3.63) is 33.3 Å². The number of carbonyl (C=O) groups excluding carboxylic acids is 1. The van der Waals surface area contributed by atoms with Crippen LogP contribution in [0.5, 0.6) is 0 Å². The number of benzene rings is 1. The van der Waals surface area contributed by atoms with Gasteiger partial charge < -0.3 is 0 Å². The Kier molecular flexibility index (Phi) is 4.81. The van der Waals surface area contributed by atoms with Gasteiger partial charge in [0.1, 0.15) is 0 Å². The van der Waals surface area contributed by atoms with Crippen molar-refractivity contribution in [2.24, 2.45) is 5.92 Å². The summed E-state index contributed by atoms with van der Waals surface area (Å²) in [6, 6.07) is 5.39. The summed E-state index contributed by atoms with van der Waals surface area (Å²) in [6.07, 6.45) is 1.73. The van der Waals surface area contributed by atoms with Crippen LogP contribution in [0.25, 0.3) is 0 Å². The van der Waals surface area contributed by atoms with Gasteiger partial charge in [-0.15, -0.1) is 0 Å². The molecular weight excluding hydrogens is 275 g/mol. The highest BCUT2D eigenvalue weighted by atomic mass is 79.9. The second kappa shape index (κ2) is 5.66. The molecule has 0 amide bonds. The molecule has 0 aliphatic heterocycles. The number of rotatable bonds is 4. The lowest BCUT2D eigenvalue weighted by Crippen LogP contribution is -2.13. The Hall–Kier alpha value is -0.340. The van der Waals surface area contributed by atoms with Crippen LogP contribution in [0, 0.1) is 5.92 Å². The Morgan fingerprint density at radius 2 is 2.00 bits per heavy atom. The van der Waals surface area contributed by atoms with Crippen molar-refractivity contribution in [3.63, 3.8) is 0 Å². The smallest absolute Gasteiger partial charge is 0.167 e. The lowest BCUT2D eigenvalue weighted by molar-refractivity contribution is 0.0913. The highest BCUT2D eigenvalue weighted by Crippen LogP contribution is 2.25. The van der Waals surface area contributed by atoms with E-state index >= 15 is 0 Å². The quantitative estimate of drug-likeness (QED) is 0.733. The molecule has 0 aliphatic rings. The van der Waals surface area contributed by atoms with E-state index in [1.54, 1.807) is 12.1 Å². The van der Waals surface area contributed by atoms with Crippen LogP contribution >= 0.6 is 27.5 Å². The molecule has 1 aromatic carbocycles. The molecule has 0 fully saturated rings. The van der Waals surface area contributed by atoms with Crippen molar-refractivity contribution in [2.45, 2.75) is 26.7 Å². The molecule has 0 heterocycles. The van der Waals surface area contributed by atoms with Gasteiger partial charge >= 0.3 is 0 Å². The molecule has 15 heavy (non-hydrogen) atoms. The van der Waals surface area contributed by atoms with Crippen molar-refractivity contribution in [1.29, 1.82) is 0 Å². The highest BCUT2D eigenvalue weighted by Gasteiger charge is 2.18. The third-order valence-corrected chi connectivity index (χ3v) is 3.36. The minimum absolute atomic E-state index is 0.0867. The van der Waals surface area contributed by atoms with Gasteiger partial charge in [-0.3, -0.25) is 4.79 Å². The van der Waals surface area contributed by atoms with Gasteiger partial charge in [0.2, 0.25) is 0 Å². The highest BCUT2D eigenvalue weighted by molar-refractivity contribution is 9.10. The Morgan fingerprint density at radius 1 is 1.40 bits per heavy atom. The van der Waals surface area contributed by atoms with Crippen LogP contribution in [0.1, 0.15) is 37.0 Å². The minimum Gasteiger partial charge on any atom is -0.294 e. The third kappa shape index (κ3) is 3.05. The van der Waals surface area contributed by atoms with Gasteiger partial charge in [-0.05, 0) is 31.0 Å². The Labute approximate surface area is 104 Å². The van der Waals surface area contributed by atoms with Crippen molar-refractivity contribution >= 4 is 33.3 Å². The van der Waals surface area contributed by atoms with E-state index in [9.17, 15) is 4.79 Å². The van der Waals surface area contributed by atoms with E-state index in [-0.39, 0.29) is 11.7 Å². The van der Waals surface area contributed by atoms with Crippen LogP contribution in [0.2, 0.25) is 5.02 Å². The maximum absolute atomic E-state index is 12.0. The maximum Gasteiger partial charge on any atom is 0.167 e. The largest absolute Gasteiger partial charge is 0.294 e. The molecule has 0 unspecified atom stereocenters. The molecule has 0 aliphatic carbocycles. The Morgan fingerprint density at radius 3 is 2.47 bits per heavy atom. The first-order valence-corrected chi connectivity index (χ1v) is 6.26. The zero-order valence-electron chi connectivity index (χ0n) is 8.89. The van der Waals surface area contributed by atoms with E-state index in [1.807, 2.05) is 19.9 Å². The molecule has 1 nitrogen and oxygen atoms in total. The van der Waals surface area contributed by atoms with Gasteiger partial charge in [0.05, 0.1) is 5.02 Å². The first-order chi connectivity index (χ1) is 7.10. The first-order valence-electron chi connectivity index (χ1n) is 5.09. The lowest BCUT2D eigenvalue weighted by atomic mass is 9.93. The fraction of sp³-hybridized carbons (Fsp3) is 0.417. The van der Waals surface area contributed by atoms with E-state index in [2.05, 4.69) is 15.9 Å². The molecule has 3 heteroatoms. The molecule has 0 saturated carbocycles. The summed E-state index contributed by atoms with van der Waals surface area (Å²) >= 11 is 9.35. The van der Waals surface area contributed by atoms with Gasteiger partial charge in [-0.25, -0.2) is 0 Å². The summed E-state index contributed by atoms with van der Waals surface area (Å²) < 4.78 is 0.897. The third-order valence-electron chi connectivity index (χ3n) is 2.55. The summed E-state index contributed by atoms with van der Waals surface area (Å²) in [5, 5.41) is 0.529. The summed E-state index contributed by atoms with van der Waals surface area (Å²) in [5.74, 6) is 0.237. The standard InChI is InChI=1S/C12H14BrClO/c1-3-8(4-2)12(15)10-6-5-9(13)7-11(10)14/h5-8H,3-4H2,1-2H3. The first kappa shape index (κ1) is 12.7. The van der Waals surface area contributed by atoms with Crippen molar-refractivity contribution in [1.82, 2.24) is 0 Å². The molecule has 0 radical (unpaired) electrons. The van der Waals surface area contributed by atoms with Crippen LogP contribution in [-0.2, 0) is 0 Å². The molecule has 0 saturated heterocycles. The Balaban J connectivity index is 3.00. The van der Waals surface area contributed by atoms with Gasteiger partial charge in [0.15, 0.2) is 5.78 Å². The number of ketones is 1. The fourth-order valence-corrected chi connectivity index (χ4v) is 2.34. The van der Waals surface area contributed by atoms with E-state index in [0.717, 1.165) is 17.3 Å². The molecule has 0 aromatic heterocycles. The monoisotopic (exact) mass is 288 g/mol. The van der Waals surface area contributed by atoms with Crippen LogP contribution < -0.4 is 0 Å². The number of Topliss-reactive ketones (excluding diaryl/α,β-unsaturated/α-hetero) is 1. The molecule has 0 N–H and O–H groups in total. The average Bonchev–Trinajstić information content (AvgIpc) is 2.19. The van der Waals surface area contributed by atoms with E-state index in [1.165, 1.54) is 0 Å². The second-order valence-electron chi connectivity index (χ2n) is 3.50.